The number of aryl methyl sites for hydroxylation is 2. The van der Waals surface area contributed by atoms with Gasteiger partial charge in [0.2, 0.25) is 11.8 Å². The van der Waals surface area contributed by atoms with Crippen LogP contribution < -0.4 is 10.2 Å². The van der Waals surface area contributed by atoms with Gasteiger partial charge in [-0.15, -0.1) is 0 Å². The Labute approximate surface area is 154 Å². The Morgan fingerprint density at radius 3 is 2.63 bits per heavy atom. The number of anilines is 2. The van der Waals surface area contributed by atoms with Crippen LogP contribution in [0.3, 0.4) is 0 Å². The number of nitro benzene ring substituents is 1. The predicted molar refractivity (Wildman–Crippen MR) is 98.1 cm³/mol. The smallest absolute Gasteiger partial charge is 0.271 e. The van der Waals surface area contributed by atoms with Crippen LogP contribution in [0.1, 0.15) is 17.5 Å². The standard InChI is InChI=1S/C19H18FN3O4/c1-11-3-4-14(7-12(11)2)22-10-13(8-18(22)24)19(25)21-17-9-15(23(26)27)5-6-16(17)20/h3-7,9,13H,8,10H2,1-2H3,(H,21,25)/t13-/m1/s1. The van der Waals surface area contributed by atoms with Crippen molar-refractivity contribution in [3.63, 3.8) is 0 Å². The Kier molecular flexibility index (Phi) is 4.89. The van der Waals surface area contributed by atoms with Gasteiger partial charge in [-0.1, -0.05) is 6.07 Å². The summed E-state index contributed by atoms with van der Waals surface area (Å²) in [6.07, 6.45) is -0.00466. The Morgan fingerprint density at radius 1 is 1.22 bits per heavy atom. The van der Waals surface area contributed by atoms with E-state index < -0.39 is 22.6 Å². The molecule has 3 rings (SSSR count). The number of non-ortho nitro benzene ring substituents is 1. The van der Waals surface area contributed by atoms with Gasteiger partial charge in [0.05, 0.1) is 16.5 Å². The average Bonchev–Trinajstić information content (AvgIpc) is 3.01. The van der Waals surface area contributed by atoms with Crippen LogP contribution in [-0.4, -0.2) is 23.3 Å². The molecule has 0 radical (unpaired) electrons. The van der Waals surface area contributed by atoms with Crippen LogP contribution in [0.5, 0.6) is 0 Å². The minimum atomic E-state index is -0.774. The first-order valence-corrected chi connectivity index (χ1v) is 8.38. The number of nitro groups is 1. The minimum absolute atomic E-state index is 0.00466. The van der Waals surface area contributed by atoms with Crippen molar-refractivity contribution in [1.82, 2.24) is 0 Å². The summed E-state index contributed by atoms with van der Waals surface area (Å²) in [5, 5.41) is 13.2. The molecule has 0 spiro atoms. The zero-order valence-electron chi connectivity index (χ0n) is 14.9. The molecule has 2 aromatic carbocycles. The van der Waals surface area contributed by atoms with Crippen molar-refractivity contribution < 1.29 is 18.9 Å². The van der Waals surface area contributed by atoms with E-state index in [2.05, 4.69) is 5.32 Å². The summed E-state index contributed by atoms with van der Waals surface area (Å²) in [7, 11) is 0. The zero-order chi connectivity index (χ0) is 19.7. The van der Waals surface area contributed by atoms with Gasteiger partial charge < -0.3 is 10.2 Å². The van der Waals surface area contributed by atoms with Gasteiger partial charge in [0.1, 0.15) is 5.82 Å². The Bertz CT molecular complexity index is 945. The first kappa shape index (κ1) is 18.5. The van der Waals surface area contributed by atoms with Gasteiger partial charge in [-0.25, -0.2) is 4.39 Å². The molecule has 1 atom stereocenters. The van der Waals surface area contributed by atoms with Crippen molar-refractivity contribution >= 4 is 28.9 Å². The van der Waals surface area contributed by atoms with E-state index in [1.165, 1.54) is 4.90 Å². The van der Waals surface area contributed by atoms with Crippen LogP contribution in [0.4, 0.5) is 21.5 Å². The molecule has 1 heterocycles. The van der Waals surface area contributed by atoms with Crippen LogP contribution in [0.15, 0.2) is 36.4 Å². The molecular weight excluding hydrogens is 353 g/mol. The fourth-order valence-corrected chi connectivity index (χ4v) is 2.98. The number of nitrogens with one attached hydrogen (secondary N) is 1. The maximum Gasteiger partial charge on any atom is 0.271 e. The Balaban J connectivity index is 1.75. The largest absolute Gasteiger partial charge is 0.323 e. The monoisotopic (exact) mass is 371 g/mol. The van der Waals surface area contributed by atoms with Crippen molar-refractivity contribution in [2.45, 2.75) is 20.3 Å². The third-order valence-corrected chi connectivity index (χ3v) is 4.72. The molecule has 140 valence electrons. The molecule has 0 saturated carbocycles. The van der Waals surface area contributed by atoms with Gasteiger partial charge in [0.15, 0.2) is 0 Å². The van der Waals surface area contributed by atoms with E-state index in [0.29, 0.717) is 5.69 Å². The number of carbonyl (C=O) groups excluding carboxylic acids is 2. The van der Waals surface area contributed by atoms with E-state index in [1.54, 1.807) is 0 Å². The second-order valence-electron chi connectivity index (χ2n) is 6.58. The number of nitrogens with zero attached hydrogens (tertiary/aromatic N) is 2. The quantitative estimate of drug-likeness (QED) is 0.659. The van der Waals surface area contributed by atoms with Gasteiger partial charge in [-0.05, 0) is 43.2 Å². The summed E-state index contributed by atoms with van der Waals surface area (Å²) in [5.41, 5.74) is 2.24. The Hall–Kier alpha value is -3.29. The van der Waals surface area contributed by atoms with Crippen molar-refractivity contribution in [3.05, 3.63) is 63.5 Å². The van der Waals surface area contributed by atoms with Gasteiger partial charge in [-0.2, -0.15) is 0 Å². The van der Waals surface area contributed by atoms with Crippen molar-refractivity contribution in [1.29, 1.82) is 0 Å². The molecule has 7 nitrogen and oxygen atoms in total. The van der Waals surface area contributed by atoms with E-state index in [9.17, 15) is 24.1 Å². The fraction of sp³-hybridized carbons (Fsp3) is 0.263. The van der Waals surface area contributed by atoms with Crippen LogP contribution in [0.25, 0.3) is 0 Å². The second kappa shape index (κ2) is 7.14. The normalized spacial score (nSPS) is 16.5. The number of carbonyl (C=O) groups is 2. The van der Waals surface area contributed by atoms with Crippen LogP contribution in [0, 0.1) is 35.7 Å². The molecule has 0 bridgehead atoms. The minimum Gasteiger partial charge on any atom is -0.323 e. The number of rotatable bonds is 4. The van der Waals surface area contributed by atoms with Crippen LogP contribution in [0.2, 0.25) is 0 Å². The highest BCUT2D eigenvalue weighted by Crippen LogP contribution is 2.28. The van der Waals surface area contributed by atoms with Crippen molar-refractivity contribution in [2.24, 2.45) is 5.92 Å². The second-order valence-corrected chi connectivity index (χ2v) is 6.58. The highest BCUT2D eigenvalue weighted by atomic mass is 19.1. The lowest BCUT2D eigenvalue weighted by molar-refractivity contribution is -0.384. The van der Waals surface area contributed by atoms with E-state index in [1.807, 2.05) is 32.0 Å². The maximum absolute atomic E-state index is 13.9. The fourth-order valence-electron chi connectivity index (χ4n) is 2.98. The first-order valence-electron chi connectivity index (χ1n) is 8.38. The van der Waals surface area contributed by atoms with Gasteiger partial charge in [-0.3, -0.25) is 19.7 Å². The van der Waals surface area contributed by atoms with Crippen molar-refractivity contribution in [3.8, 4) is 0 Å². The number of hydrogen-bond acceptors (Lipinski definition) is 4. The summed E-state index contributed by atoms with van der Waals surface area (Å²) in [5.74, 6) is -2.19. The molecule has 1 saturated heterocycles. The third kappa shape index (κ3) is 3.79. The first-order chi connectivity index (χ1) is 12.8. The lowest BCUT2D eigenvalue weighted by Gasteiger charge is -2.18. The van der Waals surface area contributed by atoms with E-state index in [4.69, 9.17) is 0 Å². The summed E-state index contributed by atoms with van der Waals surface area (Å²) in [6.45, 7) is 4.08. The van der Waals surface area contributed by atoms with Gasteiger partial charge in [0, 0.05) is 30.8 Å². The molecule has 1 fully saturated rings. The third-order valence-electron chi connectivity index (χ3n) is 4.72. The molecule has 2 aromatic rings. The molecule has 27 heavy (non-hydrogen) atoms. The Morgan fingerprint density at radius 2 is 1.96 bits per heavy atom. The number of halogens is 1. The van der Waals surface area contributed by atoms with Gasteiger partial charge in [0.25, 0.3) is 5.69 Å². The lowest BCUT2D eigenvalue weighted by Crippen LogP contribution is -2.28. The molecule has 2 amide bonds. The average molecular weight is 371 g/mol. The summed E-state index contributed by atoms with van der Waals surface area (Å²) >= 11 is 0. The molecule has 8 heteroatoms. The van der Waals surface area contributed by atoms with E-state index >= 15 is 0 Å². The maximum atomic E-state index is 13.9. The topological polar surface area (TPSA) is 92.6 Å². The molecule has 1 N–H and O–H groups in total. The highest BCUT2D eigenvalue weighted by molar-refractivity contribution is 6.03. The summed E-state index contributed by atoms with van der Waals surface area (Å²) in [6, 6.07) is 8.52. The van der Waals surface area contributed by atoms with Gasteiger partial charge >= 0.3 is 0 Å². The summed E-state index contributed by atoms with van der Waals surface area (Å²) in [4.78, 5) is 36.5. The van der Waals surface area contributed by atoms with Crippen LogP contribution in [-0.2, 0) is 9.59 Å². The van der Waals surface area contributed by atoms with E-state index in [-0.39, 0.29) is 30.2 Å². The summed E-state index contributed by atoms with van der Waals surface area (Å²) < 4.78 is 13.9. The van der Waals surface area contributed by atoms with E-state index in [0.717, 1.165) is 29.3 Å². The SMILES string of the molecule is Cc1ccc(N2C[C@H](C(=O)Nc3cc([N+](=O)[O-])ccc3F)CC2=O)cc1C. The molecule has 1 aliphatic heterocycles. The molecule has 1 aliphatic rings. The number of amides is 2. The molecular formula is C19H18FN3O4. The number of benzene rings is 2. The van der Waals surface area contributed by atoms with Crippen molar-refractivity contribution in [2.75, 3.05) is 16.8 Å². The number of hydrogen-bond donors (Lipinski definition) is 1. The predicted octanol–water partition coefficient (Wildman–Crippen LogP) is 3.34. The zero-order valence-corrected chi connectivity index (χ0v) is 14.9. The molecule has 0 unspecified atom stereocenters. The molecule has 0 aromatic heterocycles. The molecule has 0 aliphatic carbocycles. The van der Waals surface area contributed by atoms with Crippen LogP contribution >= 0.6 is 0 Å². The lowest BCUT2D eigenvalue weighted by atomic mass is 10.1. The highest BCUT2D eigenvalue weighted by Gasteiger charge is 2.35.